The molecule has 0 radical (unpaired) electrons. The van der Waals surface area contributed by atoms with Gasteiger partial charge in [0.25, 0.3) is 5.91 Å². The Morgan fingerprint density at radius 3 is 2.51 bits per heavy atom. The number of rotatable bonds is 5. The van der Waals surface area contributed by atoms with E-state index in [1.165, 1.54) is 0 Å². The minimum atomic E-state index is 0.00536. The number of hydrogen-bond donors (Lipinski definition) is 0. The van der Waals surface area contributed by atoms with E-state index in [9.17, 15) is 4.79 Å². The van der Waals surface area contributed by atoms with Gasteiger partial charge in [0.05, 0.1) is 29.4 Å². The van der Waals surface area contributed by atoms with Gasteiger partial charge in [-0.25, -0.2) is 14.6 Å². The van der Waals surface area contributed by atoms with Gasteiger partial charge in [-0.2, -0.15) is 5.10 Å². The molecule has 180 valence electrons. The van der Waals surface area contributed by atoms with Crippen molar-refractivity contribution in [1.29, 1.82) is 0 Å². The van der Waals surface area contributed by atoms with Gasteiger partial charge in [-0.1, -0.05) is 43.6 Å². The normalized spacial score (nSPS) is 14.1. The van der Waals surface area contributed by atoms with Gasteiger partial charge < -0.3 is 14.5 Å². The SMILES string of the molecule is COc1cccc(C(=O)N2CCN(c3nc(C(C)C)nc4c3cnn4-c3ccccc3Cl)CC2)c1. The number of halogens is 1. The molecule has 0 saturated carbocycles. The van der Waals surface area contributed by atoms with E-state index < -0.39 is 0 Å². The second-order valence-corrected chi connectivity index (χ2v) is 9.22. The van der Waals surface area contributed by atoms with E-state index in [-0.39, 0.29) is 11.8 Å². The fourth-order valence-corrected chi connectivity index (χ4v) is 4.48. The molecule has 1 amide bonds. The minimum Gasteiger partial charge on any atom is -0.497 e. The number of methoxy groups -OCH3 is 1. The molecular formula is C26H27ClN6O2. The molecule has 0 spiro atoms. The number of amides is 1. The third-order valence-electron chi connectivity index (χ3n) is 6.21. The highest BCUT2D eigenvalue weighted by Gasteiger charge is 2.26. The van der Waals surface area contributed by atoms with E-state index in [1.54, 1.807) is 24.1 Å². The summed E-state index contributed by atoms with van der Waals surface area (Å²) in [5.41, 5.74) is 2.13. The maximum atomic E-state index is 13.1. The number of hydrogen-bond acceptors (Lipinski definition) is 6. The van der Waals surface area contributed by atoms with Crippen LogP contribution in [0.4, 0.5) is 5.82 Å². The third kappa shape index (κ3) is 4.41. The summed E-state index contributed by atoms with van der Waals surface area (Å²) in [6, 6.07) is 14.9. The van der Waals surface area contributed by atoms with Gasteiger partial charge in [0.1, 0.15) is 17.4 Å². The molecule has 0 unspecified atom stereocenters. The van der Waals surface area contributed by atoms with Gasteiger partial charge in [0.2, 0.25) is 0 Å². The van der Waals surface area contributed by atoms with Crippen LogP contribution in [0.5, 0.6) is 5.75 Å². The molecule has 9 heteroatoms. The number of para-hydroxylation sites is 1. The predicted octanol–water partition coefficient (Wildman–Crippen LogP) is 4.56. The zero-order chi connectivity index (χ0) is 24.5. The first-order chi connectivity index (χ1) is 17.0. The Morgan fingerprint density at radius 2 is 1.80 bits per heavy atom. The number of benzene rings is 2. The second-order valence-electron chi connectivity index (χ2n) is 8.82. The number of carbonyl (C=O) groups is 1. The van der Waals surface area contributed by atoms with Crippen molar-refractivity contribution in [3.05, 3.63) is 71.1 Å². The fourth-order valence-electron chi connectivity index (χ4n) is 4.27. The van der Waals surface area contributed by atoms with Crippen molar-refractivity contribution in [2.45, 2.75) is 19.8 Å². The first-order valence-corrected chi connectivity index (χ1v) is 12.0. The molecule has 1 aliphatic heterocycles. The maximum Gasteiger partial charge on any atom is 0.254 e. The van der Waals surface area contributed by atoms with Crippen LogP contribution in [0.2, 0.25) is 5.02 Å². The number of carbonyl (C=O) groups excluding carboxylic acids is 1. The summed E-state index contributed by atoms with van der Waals surface area (Å²) < 4.78 is 7.05. The smallest absolute Gasteiger partial charge is 0.254 e. The van der Waals surface area contributed by atoms with E-state index in [1.807, 2.05) is 47.4 Å². The van der Waals surface area contributed by atoms with Gasteiger partial charge in [-0.05, 0) is 30.3 Å². The van der Waals surface area contributed by atoms with E-state index in [0.29, 0.717) is 42.5 Å². The van der Waals surface area contributed by atoms with E-state index in [2.05, 4.69) is 23.8 Å². The van der Waals surface area contributed by atoms with Crippen LogP contribution in [0, 0.1) is 0 Å². The monoisotopic (exact) mass is 490 g/mol. The Labute approximate surface area is 209 Å². The Balaban J connectivity index is 1.44. The molecule has 2 aromatic carbocycles. The third-order valence-corrected chi connectivity index (χ3v) is 6.53. The van der Waals surface area contributed by atoms with Crippen LogP contribution < -0.4 is 9.64 Å². The first-order valence-electron chi connectivity index (χ1n) is 11.6. The van der Waals surface area contributed by atoms with Crippen molar-refractivity contribution in [3.8, 4) is 11.4 Å². The number of aromatic nitrogens is 4. The lowest BCUT2D eigenvalue weighted by molar-refractivity contribution is 0.0746. The molecule has 1 fully saturated rings. The van der Waals surface area contributed by atoms with Crippen molar-refractivity contribution in [1.82, 2.24) is 24.6 Å². The largest absolute Gasteiger partial charge is 0.497 e. The van der Waals surface area contributed by atoms with Crippen LogP contribution in [-0.4, -0.2) is 63.8 Å². The van der Waals surface area contributed by atoms with Gasteiger partial charge in [0.15, 0.2) is 5.65 Å². The van der Waals surface area contributed by atoms with Crippen LogP contribution in [-0.2, 0) is 0 Å². The van der Waals surface area contributed by atoms with Gasteiger partial charge in [-0.3, -0.25) is 4.79 Å². The Hall–Kier alpha value is -3.65. The van der Waals surface area contributed by atoms with Gasteiger partial charge in [0, 0.05) is 37.7 Å². The molecule has 2 aromatic heterocycles. The summed E-state index contributed by atoms with van der Waals surface area (Å²) in [6.45, 7) is 6.67. The Kier molecular flexibility index (Phi) is 6.30. The summed E-state index contributed by atoms with van der Waals surface area (Å²) in [7, 11) is 1.60. The maximum absolute atomic E-state index is 13.1. The summed E-state index contributed by atoms with van der Waals surface area (Å²) >= 11 is 6.46. The Morgan fingerprint density at radius 1 is 1.03 bits per heavy atom. The molecule has 0 atom stereocenters. The highest BCUT2D eigenvalue weighted by molar-refractivity contribution is 6.32. The topological polar surface area (TPSA) is 76.4 Å². The van der Waals surface area contributed by atoms with Gasteiger partial charge in [-0.15, -0.1) is 0 Å². The summed E-state index contributed by atoms with van der Waals surface area (Å²) in [5.74, 6) is 2.41. The lowest BCUT2D eigenvalue weighted by Gasteiger charge is -2.35. The van der Waals surface area contributed by atoms with Gasteiger partial charge >= 0.3 is 0 Å². The average molecular weight is 491 g/mol. The standard InChI is InChI=1S/C26H27ClN6O2/c1-17(2)23-29-24(20-16-28-33(25(20)30-23)22-10-5-4-9-21(22)27)31-11-13-32(14-12-31)26(34)18-7-6-8-19(15-18)35-3/h4-10,15-17H,11-14H2,1-3H3. The lowest BCUT2D eigenvalue weighted by Crippen LogP contribution is -2.49. The van der Waals surface area contributed by atoms with Crippen molar-refractivity contribution in [2.75, 3.05) is 38.2 Å². The Bertz CT molecular complexity index is 1380. The molecule has 8 nitrogen and oxygen atoms in total. The van der Waals surface area contributed by atoms with Crippen LogP contribution in [0.15, 0.2) is 54.7 Å². The van der Waals surface area contributed by atoms with Crippen LogP contribution in [0.3, 0.4) is 0 Å². The highest BCUT2D eigenvalue weighted by atomic mass is 35.5. The summed E-state index contributed by atoms with van der Waals surface area (Å²) in [6.07, 6.45) is 1.80. The predicted molar refractivity (Wildman–Crippen MR) is 137 cm³/mol. The average Bonchev–Trinajstić information content (AvgIpc) is 3.32. The number of piperazine rings is 1. The van der Waals surface area contributed by atoms with Crippen molar-refractivity contribution < 1.29 is 9.53 Å². The van der Waals surface area contributed by atoms with E-state index in [0.717, 1.165) is 28.4 Å². The first kappa shape index (κ1) is 23.1. The van der Waals surface area contributed by atoms with Crippen LogP contribution in [0.1, 0.15) is 35.9 Å². The van der Waals surface area contributed by atoms with Crippen LogP contribution in [0.25, 0.3) is 16.7 Å². The van der Waals surface area contributed by atoms with Crippen molar-refractivity contribution >= 4 is 34.4 Å². The minimum absolute atomic E-state index is 0.00536. The highest BCUT2D eigenvalue weighted by Crippen LogP contribution is 2.30. The zero-order valence-electron chi connectivity index (χ0n) is 20.0. The zero-order valence-corrected chi connectivity index (χ0v) is 20.7. The molecule has 0 aliphatic carbocycles. The fraction of sp³-hybridized carbons (Fsp3) is 0.308. The lowest BCUT2D eigenvalue weighted by atomic mass is 10.1. The molecule has 5 rings (SSSR count). The summed E-state index contributed by atoms with van der Waals surface area (Å²) in [5, 5.41) is 6.08. The molecule has 4 aromatic rings. The number of fused-ring (bicyclic) bond motifs is 1. The van der Waals surface area contributed by atoms with Crippen molar-refractivity contribution in [2.24, 2.45) is 0 Å². The number of nitrogens with zero attached hydrogens (tertiary/aromatic N) is 6. The van der Waals surface area contributed by atoms with Crippen molar-refractivity contribution in [3.63, 3.8) is 0 Å². The molecule has 3 heterocycles. The van der Waals surface area contributed by atoms with Crippen LogP contribution >= 0.6 is 11.6 Å². The molecule has 1 aliphatic rings. The molecule has 35 heavy (non-hydrogen) atoms. The second kappa shape index (κ2) is 9.54. The molecular weight excluding hydrogens is 464 g/mol. The molecule has 1 saturated heterocycles. The van der Waals surface area contributed by atoms with E-state index >= 15 is 0 Å². The number of anilines is 1. The molecule has 0 N–H and O–H groups in total. The quantitative estimate of drug-likeness (QED) is 0.408. The summed E-state index contributed by atoms with van der Waals surface area (Å²) in [4.78, 5) is 26.9. The van der Waals surface area contributed by atoms with E-state index in [4.69, 9.17) is 26.3 Å². The number of ether oxygens (including phenoxy) is 1. The molecule has 0 bridgehead atoms.